The van der Waals surface area contributed by atoms with Gasteiger partial charge in [0.1, 0.15) is 5.82 Å². The van der Waals surface area contributed by atoms with Crippen LogP contribution in [0.2, 0.25) is 0 Å². The van der Waals surface area contributed by atoms with Crippen LogP contribution in [-0.4, -0.2) is 71.6 Å². The number of hydrogen-bond acceptors (Lipinski definition) is 6. The monoisotopic (exact) mass is 411 g/mol. The predicted molar refractivity (Wildman–Crippen MR) is 119 cm³/mol. The Morgan fingerprint density at radius 2 is 2.03 bits per heavy atom. The summed E-state index contributed by atoms with van der Waals surface area (Å²) in [5.74, 6) is 2.22. The van der Waals surface area contributed by atoms with E-state index in [1.807, 2.05) is 6.92 Å². The summed E-state index contributed by atoms with van der Waals surface area (Å²) in [6, 6.07) is 7.94. The second-order valence-electron chi connectivity index (χ2n) is 9.23. The molecule has 0 saturated carbocycles. The minimum absolute atomic E-state index is 0.559. The van der Waals surface area contributed by atoms with Crippen LogP contribution in [0, 0.1) is 12.8 Å². The number of aryl methyl sites for hydroxylation is 1. The Labute approximate surface area is 178 Å². The summed E-state index contributed by atoms with van der Waals surface area (Å²) in [5, 5.41) is 6.02. The third-order valence-corrected chi connectivity index (χ3v) is 8.14. The molecule has 0 amide bonds. The summed E-state index contributed by atoms with van der Waals surface area (Å²) in [7, 11) is 2.24. The molecule has 6 heterocycles. The van der Waals surface area contributed by atoms with E-state index in [-0.39, 0.29) is 0 Å². The molecule has 0 aromatic carbocycles. The van der Waals surface area contributed by atoms with Crippen molar-refractivity contribution in [3.8, 4) is 10.6 Å². The molecular formula is C23H33N5S. The molecule has 5 nitrogen and oxygen atoms in total. The van der Waals surface area contributed by atoms with Crippen LogP contribution < -0.4 is 5.32 Å². The number of aromatic nitrogens is 2. The highest BCUT2D eigenvalue weighted by molar-refractivity contribution is 7.13. The summed E-state index contributed by atoms with van der Waals surface area (Å²) >= 11 is 1.76. The van der Waals surface area contributed by atoms with Crippen LogP contribution in [-0.2, 0) is 0 Å². The molecule has 2 bridgehead atoms. The highest BCUT2D eigenvalue weighted by atomic mass is 32.1. The van der Waals surface area contributed by atoms with Gasteiger partial charge in [-0.05, 0) is 82.7 Å². The van der Waals surface area contributed by atoms with Crippen LogP contribution in [0.25, 0.3) is 10.6 Å². The van der Waals surface area contributed by atoms with Gasteiger partial charge in [-0.25, -0.2) is 9.97 Å². The molecule has 4 unspecified atom stereocenters. The van der Waals surface area contributed by atoms with E-state index in [0.717, 1.165) is 30.5 Å². The van der Waals surface area contributed by atoms with Gasteiger partial charge in [0.2, 0.25) is 0 Å². The van der Waals surface area contributed by atoms with Crippen LogP contribution >= 0.6 is 11.3 Å². The van der Waals surface area contributed by atoms with Gasteiger partial charge in [-0.2, -0.15) is 0 Å². The van der Waals surface area contributed by atoms with Crippen molar-refractivity contribution in [2.24, 2.45) is 5.92 Å². The largest absolute Gasteiger partial charge is 0.312 e. The smallest absolute Gasteiger partial charge is 0.126 e. The molecule has 6 heteroatoms. The van der Waals surface area contributed by atoms with Gasteiger partial charge in [0.25, 0.3) is 0 Å². The fourth-order valence-corrected chi connectivity index (χ4v) is 6.22. The van der Waals surface area contributed by atoms with E-state index in [1.165, 1.54) is 55.9 Å². The number of nitrogens with zero attached hydrogens (tertiary/aromatic N) is 4. The maximum Gasteiger partial charge on any atom is 0.126 e. The quantitative estimate of drug-likeness (QED) is 0.817. The zero-order valence-corrected chi connectivity index (χ0v) is 18.5. The normalized spacial score (nSPS) is 30.7. The fourth-order valence-electron chi connectivity index (χ4n) is 5.53. The minimum Gasteiger partial charge on any atom is -0.312 e. The Morgan fingerprint density at radius 1 is 1.17 bits per heavy atom. The average Bonchev–Trinajstić information content (AvgIpc) is 3.28. The summed E-state index contributed by atoms with van der Waals surface area (Å²) in [6.07, 6.45) is 5.20. The third-order valence-electron chi connectivity index (χ3n) is 7.25. The van der Waals surface area contributed by atoms with Crippen molar-refractivity contribution in [1.29, 1.82) is 0 Å². The van der Waals surface area contributed by atoms with Crippen LogP contribution in [0.4, 0.5) is 0 Å². The van der Waals surface area contributed by atoms with Crippen molar-refractivity contribution in [3.05, 3.63) is 35.1 Å². The standard InChI is InChI=1S/C23H33N5S/c1-16-25-21(13-22(26-16)23-4-3-11-29-23)20-15-28-10-5-17(20)12-19(28)14-24-18-6-8-27(2)9-7-18/h3-4,11,13,17-20,24H,5-10,12,14-15H2,1-2H3. The maximum absolute atomic E-state index is 4.88. The van der Waals surface area contributed by atoms with Gasteiger partial charge in [0.05, 0.1) is 10.6 Å². The van der Waals surface area contributed by atoms with Crippen LogP contribution in [0.15, 0.2) is 23.6 Å². The zero-order chi connectivity index (χ0) is 19.8. The third kappa shape index (κ3) is 4.26. The highest BCUT2D eigenvalue weighted by Gasteiger charge is 2.41. The van der Waals surface area contributed by atoms with Gasteiger partial charge in [-0.15, -0.1) is 11.3 Å². The molecule has 4 saturated heterocycles. The zero-order valence-electron chi connectivity index (χ0n) is 17.7. The lowest BCUT2D eigenvalue weighted by Crippen LogP contribution is -2.57. The SMILES string of the molecule is Cc1nc(-c2cccs2)cc(C2CN3CCC2CC3CNC2CCN(C)CC2)n1. The molecule has 29 heavy (non-hydrogen) atoms. The summed E-state index contributed by atoms with van der Waals surface area (Å²) < 4.78 is 0. The van der Waals surface area contributed by atoms with Gasteiger partial charge in [-0.3, -0.25) is 4.90 Å². The molecule has 0 radical (unpaired) electrons. The van der Waals surface area contributed by atoms with E-state index in [1.54, 1.807) is 11.3 Å². The maximum atomic E-state index is 4.88. The van der Waals surface area contributed by atoms with Crippen molar-refractivity contribution >= 4 is 11.3 Å². The minimum atomic E-state index is 0.559. The Hall–Kier alpha value is -1.34. The molecule has 4 atom stereocenters. The lowest BCUT2D eigenvalue weighted by Gasteiger charge is -2.50. The van der Waals surface area contributed by atoms with E-state index < -0.39 is 0 Å². The Bertz CT molecular complexity index is 815. The number of likely N-dealkylation sites (tertiary alicyclic amines) is 1. The fraction of sp³-hybridized carbons (Fsp3) is 0.652. The van der Waals surface area contributed by atoms with Crippen molar-refractivity contribution < 1.29 is 0 Å². The number of fused-ring (bicyclic) bond motifs is 3. The molecular weight excluding hydrogens is 378 g/mol. The second-order valence-corrected chi connectivity index (χ2v) is 10.2. The van der Waals surface area contributed by atoms with Crippen LogP contribution in [0.5, 0.6) is 0 Å². The first kappa shape index (κ1) is 19.6. The number of hydrogen-bond donors (Lipinski definition) is 1. The molecule has 0 aliphatic carbocycles. The topological polar surface area (TPSA) is 44.3 Å². The predicted octanol–water partition coefficient (Wildman–Crippen LogP) is 3.38. The molecule has 0 spiro atoms. The molecule has 4 aliphatic heterocycles. The van der Waals surface area contributed by atoms with Crippen molar-refractivity contribution in [2.45, 2.75) is 50.6 Å². The van der Waals surface area contributed by atoms with Gasteiger partial charge in [0, 0.05) is 36.8 Å². The molecule has 6 rings (SSSR count). The first-order valence-electron chi connectivity index (χ1n) is 11.2. The van der Waals surface area contributed by atoms with Crippen LogP contribution in [0.3, 0.4) is 0 Å². The summed E-state index contributed by atoms with van der Waals surface area (Å²) in [6.45, 7) is 8.07. The molecule has 2 aromatic rings. The molecule has 1 N–H and O–H groups in total. The number of rotatable bonds is 5. The molecule has 2 aromatic heterocycles. The second kappa shape index (κ2) is 8.42. The highest BCUT2D eigenvalue weighted by Crippen LogP contribution is 2.42. The van der Waals surface area contributed by atoms with Gasteiger partial charge in [0.15, 0.2) is 0 Å². The van der Waals surface area contributed by atoms with Crippen molar-refractivity contribution in [3.63, 3.8) is 0 Å². The van der Waals surface area contributed by atoms with Gasteiger partial charge >= 0.3 is 0 Å². The van der Waals surface area contributed by atoms with E-state index in [9.17, 15) is 0 Å². The lowest BCUT2D eigenvalue weighted by atomic mass is 9.74. The molecule has 4 aliphatic rings. The van der Waals surface area contributed by atoms with E-state index >= 15 is 0 Å². The van der Waals surface area contributed by atoms with Gasteiger partial charge < -0.3 is 10.2 Å². The molecule has 4 fully saturated rings. The Balaban J connectivity index is 1.25. The van der Waals surface area contributed by atoms with Crippen molar-refractivity contribution in [1.82, 2.24) is 25.1 Å². The number of thiophene rings is 1. The number of piperidine rings is 4. The number of nitrogens with one attached hydrogen (secondary N) is 1. The molecule has 156 valence electrons. The summed E-state index contributed by atoms with van der Waals surface area (Å²) in [5.41, 5.74) is 2.36. The van der Waals surface area contributed by atoms with Gasteiger partial charge in [-0.1, -0.05) is 6.07 Å². The van der Waals surface area contributed by atoms with Crippen LogP contribution in [0.1, 0.15) is 43.1 Å². The first-order chi connectivity index (χ1) is 14.2. The van der Waals surface area contributed by atoms with Crippen molar-refractivity contribution in [2.75, 3.05) is 39.8 Å². The Morgan fingerprint density at radius 3 is 2.76 bits per heavy atom. The van der Waals surface area contributed by atoms with E-state index in [4.69, 9.17) is 9.97 Å². The average molecular weight is 412 g/mol. The summed E-state index contributed by atoms with van der Waals surface area (Å²) in [4.78, 5) is 16.0. The van der Waals surface area contributed by atoms with E-state index in [0.29, 0.717) is 18.0 Å². The Kier molecular flexibility index (Phi) is 5.69. The first-order valence-corrected chi connectivity index (χ1v) is 12.1. The van der Waals surface area contributed by atoms with E-state index in [2.05, 4.69) is 45.7 Å². The lowest BCUT2D eigenvalue weighted by molar-refractivity contribution is 0.0271.